The zero-order chi connectivity index (χ0) is 14.1. The number of pyridine rings is 1. The van der Waals surface area contributed by atoms with E-state index >= 15 is 0 Å². The van der Waals surface area contributed by atoms with Gasteiger partial charge in [0, 0.05) is 24.4 Å². The van der Waals surface area contributed by atoms with Crippen molar-refractivity contribution in [2.75, 3.05) is 25.2 Å². The van der Waals surface area contributed by atoms with Crippen LogP contribution in [0.5, 0.6) is 5.75 Å². The van der Waals surface area contributed by atoms with Crippen molar-refractivity contribution in [2.45, 2.75) is 0 Å². The summed E-state index contributed by atoms with van der Waals surface area (Å²) in [4.78, 5) is 12.1. The van der Waals surface area contributed by atoms with Crippen LogP contribution in [0.25, 0.3) is 22.6 Å². The van der Waals surface area contributed by atoms with Gasteiger partial charge in [-0.15, -0.1) is 0 Å². The smallest absolute Gasteiger partial charge is 0.180 e. The van der Waals surface area contributed by atoms with E-state index in [1.807, 2.05) is 31.3 Å². The lowest BCUT2D eigenvalue weighted by atomic mass is 10.1. The summed E-state index contributed by atoms with van der Waals surface area (Å²) in [6, 6.07) is 9.33. The van der Waals surface area contributed by atoms with Crippen molar-refractivity contribution in [3.05, 3.63) is 30.3 Å². The minimum Gasteiger partial charge on any atom is -0.497 e. The van der Waals surface area contributed by atoms with Gasteiger partial charge in [0.2, 0.25) is 0 Å². The third kappa shape index (κ3) is 2.01. The van der Waals surface area contributed by atoms with Gasteiger partial charge in [-0.3, -0.25) is 0 Å². The van der Waals surface area contributed by atoms with Gasteiger partial charge in [0.15, 0.2) is 5.65 Å². The summed E-state index contributed by atoms with van der Waals surface area (Å²) >= 11 is 0. The van der Waals surface area contributed by atoms with Gasteiger partial charge in [-0.05, 0) is 24.3 Å². The first-order chi connectivity index (χ1) is 9.71. The van der Waals surface area contributed by atoms with E-state index < -0.39 is 0 Å². The molecule has 6 heteroatoms. The molecule has 0 radical (unpaired) electrons. The van der Waals surface area contributed by atoms with E-state index in [1.54, 1.807) is 13.2 Å². The fourth-order valence-electron chi connectivity index (χ4n) is 2.04. The molecule has 0 saturated heterocycles. The fraction of sp³-hybridized carbons (Fsp3) is 0.143. The molecular formula is C14H15N5O. The van der Waals surface area contributed by atoms with Gasteiger partial charge in [0.1, 0.15) is 17.4 Å². The molecule has 0 aliphatic heterocycles. The number of fused-ring (bicyclic) bond motifs is 1. The topological polar surface area (TPSA) is 88.8 Å². The lowest BCUT2D eigenvalue weighted by Gasteiger charge is -2.05. The van der Waals surface area contributed by atoms with Crippen LogP contribution in [0.15, 0.2) is 30.3 Å². The number of anilines is 2. The fourth-order valence-corrected chi connectivity index (χ4v) is 2.04. The first-order valence-electron chi connectivity index (χ1n) is 6.19. The molecule has 4 N–H and O–H groups in total. The molecule has 0 saturated carbocycles. The van der Waals surface area contributed by atoms with Crippen LogP contribution < -0.4 is 15.8 Å². The molecule has 1 aromatic carbocycles. The molecule has 0 amide bonds. The van der Waals surface area contributed by atoms with Gasteiger partial charge in [0.05, 0.1) is 12.6 Å². The Kier molecular flexibility index (Phi) is 2.90. The number of imidazole rings is 1. The maximum atomic E-state index is 6.03. The third-order valence-corrected chi connectivity index (χ3v) is 3.12. The van der Waals surface area contributed by atoms with Crippen LogP contribution >= 0.6 is 0 Å². The number of aromatic nitrogens is 3. The summed E-state index contributed by atoms with van der Waals surface area (Å²) in [5.41, 5.74) is 9.00. The van der Waals surface area contributed by atoms with Gasteiger partial charge < -0.3 is 20.8 Å². The molecule has 20 heavy (non-hydrogen) atoms. The molecule has 2 aromatic heterocycles. The molecule has 0 aliphatic carbocycles. The van der Waals surface area contributed by atoms with E-state index in [2.05, 4.69) is 20.3 Å². The van der Waals surface area contributed by atoms with Crippen LogP contribution in [0.1, 0.15) is 0 Å². The number of nitrogens with zero attached hydrogens (tertiary/aromatic N) is 2. The Hall–Kier alpha value is -2.76. The second-order valence-corrected chi connectivity index (χ2v) is 4.36. The van der Waals surface area contributed by atoms with E-state index in [4.69, 9.17) is 10.5 Å². The lowest BCUT2D eigenvalue weighted by molar-refractivity contribution is 0.415. The zero-order valence-corrected chi connectivity index (χ0v) is 11.3. The minimum atomic E-state index is 0.609. The molecule has 0 aliphatic rings. The molecular weight excluding hydrogens is 254 g/mol. The summed E-state index contributed by atoms with van der Waals surface area (Å²) in [5.74, 6) is 2.19. The average molecular weight is 269 g/mol. The maximum Gasteiger partial charge on any atom is 0.180 e. The molecule has 3 rings (SSSR count). The van der Waals surface area contributed by atoms with E-state index in [1.165, 1.54) is 0 Å². The molecule has 0 bridgehead atoms. The Balaban J connectivity index is 2.10. The first-order valence-corrected chi connectivity index (χ1v) is 6.19. The largest absolute Gasteiger partial charge is 0.497 e. The highest BCUT2D eigenvalue weighted by molar-refractivity contribution is 5.81. The van der Waals surface area contributed by atoms with Crippen LogP contribution in [0, 0.1) is 0 Å². The van der Waals surface area contributed by atoms with Crippen molar-refractivity contribution in [3.8, 4) is 17.1 Å². The predicted octanol–water partition coefficient (Wildman–Crippen LogP) is 2.26. The molecule has 102 valence electrons. The quantitative estimate of drug-likeness (QED) is 0.635. The Morgan fingerprint density at radius 3 is 2.75 bits per heavy atom. The van der Waals surface area contributed by atoms with Gasteiger partial charge in [-0.25, -0.2) is 9.97 Å². The second kappa shape index (κ2) is 4.73. The number of aromatic amines is 1. The lowest BCUT2D eigenvalue weighted by Crippen LogP contribution is -1.93. The third-order valence-electron chi connectivity index (χ3n) is 3.12. The Morgan fingerprint density at radius 2 is 2.05 bits per heavy atom. The molecule has 0 fully saturated rings. The number of rotatable bonds is 3. The van der Waals surface area contributed by atoms with Gasteiger partial charge in [-0.1, -0.05) is 0 Å². The number of H-pyrrole nitrogens is 1. The number of ether oxygens (including phenoxy) is 1. The van der Waals surface area contributed by atoms with E-state index in [-0.39, 0.29) is 0 Å². The van der Waals surface area contributed by atoms with Crippen molar-refractivity contribution in [1.29, 1.82) is 0 Å². The number of hydrogen-bond donors (Lipinski definition) is 3. The van der Waals surface area contributed by atoms with Crippen molar-refractivity contribution in [3.63, 3.8) is 0 Å². The number of nitrogen functional groups attached to an aromatic ring is 1. The normalized spacial score (nSPS) is 10.7. The van der Waals surface area contributed by atoms with Crippen molar-refractivity contribution in [1.82, 2.24) is 15.0 Å². The number of nitrogens with two attached hydrogens (primary N) is 1. The molecule has 0 spiro atoms. The van der Waals surface area contributed by atoms with E-state index in [0.29, 0.717) is 17.2 Å². The average Bonchev–Trinajstić information content (AvgIpc) is 2.89. The predicted molar refractivity (Wildman–Crippen MR) is 79.8 cm³/mol. The monoisotopic (exact) mass is 269 g/mol. The van der Waals surface area contributed by atoms with Crippen LogP contribution in [-0.2, 0) is 0 Å². The Bertz CT molecular complexity index is 765. The van der Waals surface area contributed by atoms with Crippen molar-refractivity contribution < 1.29 is 4.74 Å². The number of hydrogen-bond acceptors (Lipinski definition) is 5. The minimum absolute atomic E-state index is 0.609. The van der Waals surface area contributed by atoms with Crippen LogP contribution in [0.4, 0.5) is 11.5 Å². The standard InChI is InChI=1S/C14H15N5O/c1-16-12-6-5-11-14(18-12)19-13(17-11)9-4-3-8(20-2)7-10(9)15/h3-7H,15H2,1-2H3,(H2,16,17,18,19). The first kappa shape index (κ1) is 12.3. The zero-order valence-electron chi connectivity index (χ0n) is 11.3. The molecule has 3 aromatic rings. The van der Waals surface area contributed by atoms with Crippen LogP contribution in [-0.4, -0.2) is 29.1 Å². The van der Waals surface area contributed by atoms with Crippen LogP contribution in [0.2, 0.25) is 0 Å². The molecule has 6 nitrogen and oxygen atoms in total. The summed E-state index contributed by atoms with van der Waals surface area (Å²) in [7, 11) is 3.43. The highest BCUT2D eigenvalue weighted by Crippen LogP contribution is 2.28. The van der Waals surface area contributed by atoms with Gasteiger partial charge in [-0.2, -0.15) is 0 Å². The summed E-state index contributed by atoms with van der Waals surface area (Å²) in [5, 5.41) is 2.99. The number of nitrogens with one attached hydrogen (secondary N) is 2. The summed E-state index contributed by atoms with van der Waals surface area (Å²) < 4.78 is 5.14. The number of benzene rings is 1. The highest BCUT2D eigenvalue weighted by Gasteiger charge is 2.10. The van der Waals surface area contributed by atoms with Crippen LogP contribution in [0.3, 0.4) is 0 Å². The summed E-state index contributed by atoms with van der Waals surface area (Å²) in [6.07, 6.45) is 0. The molecule has 0 unspecified atom stereocenters. The second-order valence-electron chi connectivity index (χ2n) is 4.36. The Morgan fingerprint density at radius 1 is 1.20 bits per heavy atom. The maximum absolute atomic E-state index is 6.03. The van der Waals surface area contributed by atoms with Crippen molar-refractivity contribution in [2.24, 2.45) is 0 Å². The highest BCUT2D eigenvalue weighted by atomic mass is 16.5. The Labute approximate surface area is 116 Å². The SMILES string of the molecule is CNc1ccc2[nH]c(-c3ccc(OC)cc3N)nc2n1. The van der Waals surface area contributed by atoms with E-state index in [9.17, 15) is 0 Å². The van der Waals surface area contributed by atoms with Gasteiger partial charge >= 0.3 is 0 Å². The molecule has 2 heterocycles. The van der Waals surface area contributed by atoms with E-state index in [0.717, 1.165) is 22.6 Å². The summed E-state index contributed by atoms with van der Waals surface area (Å²) in [6.45, 7) is 0. The number of methoxy groups -OCH3 is 1. The van der Waals surface area contributed by atoms with Gasteiger partial charge in [0.25, 0.3) is 0 Å². The van der Waals surface area contributed by atoms with Crippen molar-refractivity contribution >= 4 is 22.7 Å². The molecule has 0 atom stereocenters.